The number of benzene rings is 1. The number of fused-ring (bicyclic) bond motifs is 1. The molecule has 0 aliphatic rings. The van der Waals surface area contributed by atoms with Crippen molar-refractivity contribution in [3.8, 4) is 0 Å². The highest BCUT2D eigenvalue weighted by molar-refractivity contribution is 7.19. The summed E-state index contributed by atoms with van der Waals surface area (Å²) >= 11 is 1.66. The van der Waals surface area contributed by atoms with Crippen LogP contribution in [0.1, 0.15) is 16.0 Å². The molecule has 0 amide bonds. The van der Waals surface area contributed by atoms with Gasteiger partial charge < -0.3 is 5.73 Å². The fourth-order valence-electron chi connectivity index (χ4n) is 1.96. The molecule has 5 heteroatoms. The number of hydrogen-bond donors (Lipinski definition) is 1. The first-order valence-corrected chi connectivity index (χ1v) is 6.48. The smallest absolute Gasteiger partial charge is 0.167 e. The zero-order chi connectivity index (χ0) is 12.5. The van der Waals surface area contributed by atoms with Crippen LogP contribution >= 0.6 is 11.3 Å². The maximum absolute atomic E-state index is 5.83. The van der Waals surface area contributed by atoms with Crippen molar-refractivity contribution in [1.29, 1.82) is 0 Å². The van der Waals surface area contributed by atoms with Gasteiger partial charge in [-0.2, -0.15) is 0 Å². The molecule has 2 heterocycles. The highest BCUT2D eigenvalue weighted by atomic mass is 32.1. The number of anilines is 1. The summed E-state index contributed by atoms with van der Waals surface area (Å²) in [6.07, 6.45) is 0.896. The molecule has 0 fully saturated rings. The number of nitrogen functional groups attached to an aromatic ring is 1. The maximum Gasteiger partial charge on any atom is 0.167 e. The average molecular weight is 256 g/mol. The van der Waals surface area contributed by atoms with Gasteiger partial charge in [-0.1, -0.05) is 30.3 Å². The van der Waals surface area contributed by atoms with Gasteiger partial charge in [0.05, 0.1) is 4.70 Å². The van der Waals surface area contributed by atoms with Gasteiger partial charge in [-0.15, -0.1) is 21.5 Å². The molecule has 4 nitrogen and oxygen atoms in total. The molecule has 0 saturated heterocycles. The first-order chi connectivity index (χ1) is 8.75. The zero-order valence-electron chi connectivity index (χ0n) is 9.92. The van der Waals surface area contributed by atoms with Gasteiger partial charge in [-0.05, 0) is 23.3 Å². The fraction of sp³-hybridized carbons (Fsp3) is 0.154. The van der Waals surface area contributed by atoms with E-state index in [1.165, 1.54) is 10.4 Å². The van der Waals surface area contributed by atoms with Crippen LogP contribution < -0.4 is 5.73 Å². The molecular formula is C13H12N4S. The van der Waals surface area contributed by atoms with E-state index < -0.39 is 0 Å². The van der Waals surface area contributed by atoms with Crippen molar-refractivity contribution in [2.45, 2.75) is 13.3 Å². The lowest BCUT2D eigenvalue weighted by atomic mass is 10.1. The number of hydrogen-bond acceptors (Lipinski definition) is 5. The topological polar surface area (TPSA) is 64.7 Å². The second kappa shape index (κ2) is 4.34. The molecule has 1 aromatic carbocycles. The maximum atomic E-state index is 5.83. The Labute approximate surface area is 108 Å². The van der Waals surface area contributed by atoms with E-state index in [0.29, 0.717) is 5.82 Å². The molecule has 2 N–H and O–H groups in total. The quantitative estimate of drug-likeness (QED) is 0.765. The highest BCUT2D eigenvalue weighted by Gasteiger charge is 2.13. The Balaban J connectivity index is 2.08. The van der Waals surface area contributed by atoms with E-state index in [1.807, 2.05) is 18.2 Å². The molecule has 0 saturated carbocycles. The number of nitrogens with two attached hydrogens (primary N) is 1. The summed E-state index contributed by atoms with van der Waals surface area (Å²) < 4.78 is 0.938. The molecule has 0 aliphatic carbocycles. The number of rotatable bonds is 2. The number of aryl methyl sites for hydroxylation is 1. The van der Waals surface area contributed by atoms with Crippen LogP contribution in [0.4, 0.5) is 5.82 Å². The van der Waals surface area contributed by atoms with Gasteiger partial charge in [0.25, 0.3) is 0 Å². The van der Waals surface area contributed by atoms with Crippen LogP contribution in [0.15, 0.2) is 30.3 Å². The van der Waals surface area contributed by atoms with Gasteiger partial charge in [0, 0.05) is 11.3 Å². The molecule has 0 spiro atoms. The third-order valence-electron chi connectivity index (χ3n) is 2.95. The second-order valence-electron chi connectivity index (χ2n) is 4.17. The van der Waals surface area contributed by atoms with Crippen molar-refractivity contribution in [2.24, 2.45) is 0 Å². The Hall–Kier alpha value is -2.01. The molecule has 0 bridgehead atoms. The molecule has 90 valence electrons. The minimum Gasteiger partial charge on any atom is -0.381 e. The summed E-state index contributed by atoms with van der Waals surface area (Å²) in [6, 6.07) is 10.4. The SMILES string of the molecule is Cc1c(Cc2ccccc2)sc2c(N)nnnc12. The molecule has 0 atom stereocenters. The standard InChI is InChI=1S/C13H12N4S/c1-8-10(7-9-5-3-2-4-6-9)18-12-11(8)15-17-16-13(12)14/h2-6H,7H2,1H3,(H2,14,15,16). The van der Waals surface area contributed by atoms with Gasteiger partial charge >= 0.3 is 0 Å². The fourth-order valence-corrected chi connectivity index (χ4v) is 3.13. The van der Waals surface area contributed by atoms with Crippen molar-refractivity contribution in [1.82, 2.24) is 15.4 Å². The third-order valence-corrected chi connectivity index (χ3v) is 4.25. The van der Waals surface area contributed by atoms with Crippen LogP contribution in [0.25, 0.3) is 10.2 Å². The predicted molar refractivity (Wildman–Crippen MR) is 73.6 cm³/mol. The monoisotopic (exact) mass is 256 g/mol. The van der Waals surface area contributed by atoms with Crippen LogP contribution in [0.2, 0.25) is 0 Å². The van der Waals surface area contributed by atoms with Crippen LogP contribution in [-0.4, -0.2) is 15.4 Å². The van der Waals surface area contributed by atoms with Gasteiger partial charge in [0.15, 0.2) is 5.82 Å². The third kappa shape index (κ3) is 1.82. The second-order valence-corrected chi connectivity index (χ2v) is 5.27. The Morgan fingerprint density at radius 3 is 2.67 bits per heavy atom. The Morgan fingerprint density at radius 2 is 1.94 bits per heavy atom. The minimum atomic E-state index is 0.465. The summed E-state index contributed by atoms with van der Waals surface area (Å²) in [5.74, 6) is 0.465. The van der Waals surface area contributed by atoms with Crippen LogP contribution in [0.3, 0.4) is 0 Å². The summed E-state index contributed by atoms with van der Waals surface area (Å²) in [5.41, 5.74) is 9.14. The Bertz CT molecular complexity index is 691. The van der Waals surface area contributed by atoms with E-state index in [2.05, 4.69) is 34.5 Å². The molecule has 0 radical (unpaired) electrons. The zero-order valence-corrected chi connectivity index (χ0v) is 10.7. The van der Waals surface area contributed by atoms with Crippen molar-refractivity contribution in [2.75, 3.05) is 5.73 Å². The lowest BCUT2D eigenvalue weighted by Crippen LogP contribution is -1.95. The van der Waals surface area contributed by atoms with E-state index in [4.69, 9.17) is 5.73 Å². The first-order valence-electron chi connectivity index (χ1n) is 5.66. The Morgan fingerprint density at radius 1 is 1.17 bits per heavy atom. The van der Waals surface area contributed by atoms with Gasteiger partial charge in [-0.25, -0.2) is 0 Å². The van der Waals surface area contributed by atoms with E-state index in [9.17, 15) is 0 Å². The highest BCUT2D eigenvalue weighted by Crippen LogP contribution is 2.32. The van der Waals surface area contributed by atoms with Gasteiger partial charge in [0.1, 0.15) is 5.52 Å². The van der Waals surface area contributed by atoms with Crippen LogP contribution in [0, 0.1) is 6.92 Å². The summed E-state index contributed by atoms with van der Waals surface area (Å²) in [7, 11) is 0. The van der Waals surface area contributed by atoms with Crippen LogP contribution in [0.5, 0.6) is 0 Å². The summed E-state index contributed by atoms with van der Waals surface area (Å²) in [4.78, 5) is 1.27. The molecule has 3 aromatic rings. The summed E-state index contributed by atoms with van der Waals surface area (Å²) in [6.45, 7) is 2.06. The molecule has 0 unspecified atom stereocenters. The van der Waals surface area contributed by atoms with Crippen LogP contribution in [-0.2, 0) is 6.42 Å². The minimum absolute atomic E-state index is 0.465. The van der Waals surface area contributed by atoms with Crippen molar-refractivity contribution in [3.05, 3.63) is 46.3 Å². The molecule has 0 aliphatic heterocycles. The van der Waals surface area contributed by atoms with Crippen molar-refractivity contribution >= 4 is 27.4 Å². The average Bonchev–Trinajstić information content (AvgIpc) is 2.70. The molecule has 3 rings (SSSR count). The van der Waals surface area contributed by atoms with Crippen molar-refractivity contribution < 1.29 is 0 Å². The summed E-state index contributed by atoms with van der Waals surface area (Å²) in [5, 5.41) is 11.5. The van der Waals surface area contributed by atoms with Crippen molar-refractivity contribution in [3.63, 3.8) is 0 Å². The van der Waals surface area contributed by atoms with E-state index in [-0.39, 0.29) is 0 Å². The largest absolute Gasteiger partial charge is 0.381 e. The molecular weight excluding hydrogens is 244 g/mol. The van der Waals surface area contributed by atoms with Gasteiger partial charge in [0.2, 0.25) is 0 Å². The van der Waals surface area contributed by atoms with E-state index in [1.54, 1.807) is 11.3 Å². The number of aromatic nitrogens is 3. The van der Waals surface area contributed by atoms with Gasteiger partial charge in [-0.3, -0.25) is 0 Å². The lowest BCUT2D eigenvalue weighted by Gasteiger charge is -1.99. The molecule has 2 aromatic heterocycles. The first kappa shape index (κ1) is 11.1. The Kier molecular flexibility index (Phi) is 2.68. The predicted octanol–water partition coefficient (Wildman–Crippen LogP) is 2.57. The normalized spacial score (nSPS) is 10.9. The molecule has 18 heavy (non-hydrogen) atoms. The number of nitrogens with zero attached hydrogens (tertiary/aromatic N) is 3. The van der Waals surface area contributed by atoms with E-state index >= 15 is 0 Å². The van der Waals surface area contributed by atoms with E-state index in [0.717, 1.165) is 22.2 Å². The lowest BCUT2D eigenvalue weighted by molar-refractivity contribution is 0.903. The number of thiophene rings is 1.